The molecule has 2 atom stereocenters. The number of aromatic nitrogens is 4. The third-order valence-corrected chi connectivity index (χ3v) is 8.15. The van der Waals surface area contributed by atoms with E-state index in [1.165, 1.54) is 0 Å². The number of carbonyl (C=O) groups is 1. The van der Waals surface area contributed by atoms with Crippen molar-refractivity contribution in [2.75, 3.05) is 12.3 Å². The van der Waals surface area contributed by atoms with Crippen LogP contribution in [0.25, 0.3) is 32.0 Å². The number of thiazole rings is 1. The molecule has 1 aliphatic heterocycles. The number of pyridine rings is 1. The van der Waals surface area contributed by atoms with Crippen molar-refractivity contribution in [1.82, 2.24) is 24.6 Å². The summed E-state index contributed by atoms with van der Waals surface area (Å²) in [5.74, 6) is 0.538. The minimum absolute atomic E-state index is 0.139. The highest BCUT2D eigenvalue weighted by Crippen LogP contribution is 2.39. The number of nitrogens with two attached hydrogens (primary N) is 1. The number of alkyl halides is 3. The van der Waals surface area contributed by atoms with Crippen molar-refractivity contribution in [2.45, 2.75) is 32.0 Å². The van der Waals surface area contributed by atoms with Gasteiger partial charge in [0.2, 0.25) is 0 Å². The van der Waals surface area contributed by atoms with E-state index in [-0.39, 0.29) is 11.9 Å². The van der Waals surface area contributed by atoms with E-state index in [1.54, 1.807) is 35.1 Å². The number of anilines is 1. The Bertz CT molecular complexity index is 1690. The summed E-state index contributed by atoms with van der Waals surface area (Å²) >= 11 is 0.630. The zero-order valence-electron chi connectivity index (χ0n) is 20.1. The molecular weight excluding hydrogens is 501 g/mol. The molecule has 0 bridgehead atoms. The quantitative estimate of drug-likeness (QED) is 0.308. The standard InChI is InChI=1S/C26H23F3N6OS/c1-13-3-7-20(14-5-8-21-19(10-14)33-25(37-21)26(27,28)29)35(12-13)24(36)15-4-6-18-16(9-15)22-17(23(30)32-18)11-31-34(22)2/h4-6,8-11,13,20H,3,7,12H2,1-2H3,(H2,30,32)/t13-,20+/m1/s1. The molecule has 0 aliphatic carbocycles. The van der Waals surface area contributed by atoms with Crippen LogP contribution in [0, 0.1) is 5.92 Å². The van der Waals surface area contributed by atoms with Crippen LogP contribution in [0.4, 0.5) is 19.0 Å². The van der Waals surface area contributed by atoms with Crippen LogP contribution in [0.1, 0.15) is 46.7 Å². The van der Waals surface area contributed by atoms with Gasteiger partial charge in [-0.2, -0.15) is 18.3 Å². The monoisotopic (exact) mass is 524 g/mol. The molecule has 4 heterocycles. The summed E-state index contributed by atoms with van der Waals surface area (Å²) in [6.07, 6.45) is -1.20. The van der Waals surface area contributed by atoms with Crippen molar-refractivity contribution < 1.29 is 18.0 Å². The number of carbonyl (C=O) groups excluding carboxylic acids is 1. The van der Waals surface area contributed by atoms with Gasteiger partial charge in [-0.05, 0) is 54.7 Å². The van der Waals surface area contributed by atoms with Gasteiger partial charge in [-0.15, -0.1) is 11.3 Å². The summed E-state index contributed by atoms with van der Waals surface area (Å²) in [5.41, 5.74) is 9.17. The number of hydrogen-bond acceptors (Lipinski definition) is 6. The maximum atomic E-state index is 13.9. The lowest BCUT2D eigenvalue weighted by Gasteiger charge is -2.39. The molecule has 1 amide bonds. The van der Waals surface area contributed by atoms with E-state index < -0.39 is 11.2 Å². The number of fused-ring (bicyclic) bond motifs is 4. The van der Waals surface area contributed by atoms with Gasteiger partial charge in [0.15, 0.2) is 5.01 Å². The lowest BCUT2D eigenvalue weighted by molar-refractivity contribution is -0.137. The van der Waals surface area contributed by atoms with Gasteiger partial charge in [-0.1, -0.05) is 13.0 Å². The number of likely N-dealkylation sites (tertiary alicyclic amines) is 1. The maximum Gasteiger partial charge on any atom is 0.443 e. The molecule has 0 spiro atoms. The average molecular weight is 525 g/mol. The fourth-order valence-corrected chi connectivity index (χ4v) is 6.07. The van der Waals surface area contributed by atoms with E-state index in [2.05, 4.69) is 22.0 Å². The Kier molecular flexibility index (Phi) is 5.37. The third kappa shape index (κ3) is 3.97. The molecule has 0 radical (unpaired) electrons. The highest BCUT2D eigenvalue weighted by atomic mass is 32.1. The van der Waals surface area contributed by atoms with Crippen LogP contribution in [0.3, 0.4) is 0 Å². The van der Waals surface area contributed by atoms with Crippen molar-refractivity contribution in [2.24, 2.45) is 13.0 Å². The van der Waals surface area contributed by atoms with E-state index in [0.29, 0.717) is 57.3 Å². The molecule has 0 saturated carbocycles. The van der Waals surface area contributed by atoms with E-state index >= 15 is 0 Å². The first-order valence-corrected chi connectivity index (χ1v) is 12.7. The van der Waals surface area contributed by atoms with Gasteiger partial charge in [0.1, 0.15) is 5.82 Å². The molecule has 190 valence electrons. The van der Waals surface area contributed by atoms with Crippen LogP contribution in [0.2, 0.25) is 0 Å². The van der Waals surface area contributed by atoms with Gasteiger partial charge in [-0.3, -0.25) is 9.48 Å². The summed E-state index contributed by atoms with van der Waals surface area (Å²) in [4.78, 5) is 24.0. The molecule has 5 aromatic rings. The molecule has 7 nitrogen and oxygen atoms in total. The van der Waals surface area contributed by atoms with Gasteiger partial charge >= 0.3 is 6.18 Å². The molecule has 2 N–H and O–H groups in total. The van der Waals surface area contributed by atoms with Crippen LogP contribution in [-0.2, 0) is 13.2 Å². The number of nitrogens with zero attached hydrogens (tertiary/aromatic N) is 5. The van der Waals surface area contributed by atoms with E-state index in [0.717, 1.165) is 28.3 Å². The molecule has 37 heavy (non-hydrogen) atoms. The summed E-state index contributed by atoms with van der Waals surface area (Å²) in [6, 6.07) is 10.3. The number of hydrogen-bond donors (Lipinski definition) is 1. The first-order valence-electron chi connectivity index (χ1n) is 11.9. The Balaban J connectivity index is 1.40. The lowest BCUT2D eigenvalue weighted by atomic mass is 9.89. The minimum Gasteiger partial charge on any atom is -0.383 e. The Morgan fingerprint density at radius 1 is 1.08 bits per heavy atom. The summed E-state index contributed by atoms with van der Waals surface area (Å²) in [6.45, 7) is 2.65. The molecule has 2 aromatic carbocycles. The smallest absolute Gasteiger partial charge is 0.383 e. The van der Waals surface area contributed by atoms with E-state index in [9.17, 15) is 18.0 Å². The molecule has 6 rings (SSSR count). The number of benzene rings is 2. The number of halogens is 3. The Morgan fingerprint density at radius 2 is 1.89 bits per heavy atom. The largest absolute Gasteiger partial charge is 0.443 e. The van der Waals surface area contributed by atoms with Crippen LogP contribution in [-0.4, -0.2) is 37.1 Å². The predicted molar refractivity (Wildman–Crippen MR) is 137 cm³/mol. The first-order chi connectivity index (χ1) is 17.6. The fraction of sp³-hybridized carbons (Fsp3) is 0.308. The van der Waals surface area contributed by atoms with Crippen LogP contribution in [0.15, 0.2) is 42.6 Å². The second-order valence-electron chi connectivity index (χ2n) is 9.66. The first kappa shape index (κ1) is 23.7. The van der Waals surface area contributed by atoms with Gasteiger partial charge in [0, 0.05) is 24.5 Å². The number of amides is 1. The van der Waals surface area contributed by atoms with Crippen LogP contribution >= 0.6 is 11.3 Å². The van der Waals surface area contributed by atoms with Crippen LogP contribution in [0.5, 0.6) is 0 Å². The lowest BCUT2D eigenvalue weighted by Crippen LogP contribution is -2.41. The van der Waals surface area contributed by atoms with Crippen LogP contribution < -0.4 is 5.73 Å². The highest BCUT2D eigenvalue weighted by Gasteiger charge is 2.36. The molecule has 0 unspecified atom stereocenters. The Labute approximate surface area is 213 Å². The molecular formula is C26H23F3N6OS. The van der Waals surface area contributed by atoms with E-state index in [4.69, 9.17) is 5.73 Å². The third-order valence-electron chi connectivity index (χ3n) is 7.07. The second-order valence-corrected chi connectivity index (χ2v) is 10.7. The van der Waals surface area contributed by atoms with Gasteiger partial charge < -0.3 is 10.6 Å². The summed E-state index contributed by atoms with van der Waals surface area (Å²) in [7, 11) is 1.82. The number of nitrogen functional groups attached to an aromatic ring is 1. The van der Waals surface area contributed by atoms with Gasteiger partial charge in [0.25, 0.3) is 5.91 Å². The number of aryl methyl sites for hydroxylation is 1. The topological polar surface area (TPSA) is 89.9 Å². The summed E-state index contributed by atoms with van der Waals surface area (Å²) < 4.78 is 41.8. The minimum atomic E-state index is -4.49. The van der Waals surface area contributed by atoms with Gasteiger partial charge in [0.05, 0.1) is 38.9 Å². The SMILES string of the molecule is C[C@@H]1CC[C@@H](c2ccc3sc(C(F)(F)F)nc3c2)N(C(=O)c2ccc3nc(N)c4cnn(C)c4c3c2)C1. The van der Waals surface area contributed by atoms with Gasteiger partial charge in [-0.25, -0.2) is 9.97 Å². The number of rotatable bonds is 2. The second kappa shape index (κ2) is 8.41. The maximum absolute atomic E-state index is 13.9. The zero-order chi connectivity index (χ0) is 26.1. The predicted octanol–water partition coefficient (Wildman–Crippen LogP) is 5.95. The number of piperidine rings is 1. The zero-order valence-corrected chi connectivity index (χ0v) is 20.9. The highest BCUT2D eigenvalue weighted by molar-refractivity contribution is 7.18. The molecule has 11 heteroatoms. The molecule has 1 aliphatic rings. The summed E-state index contributed by atoms with van der Waals surface area (Å²) in [5, 5.41) is 4.94. The molecule has 1 fully saturated rings. The van der Waals surface area contributed by atoms with Crippen molar-refractivity contribution in [3.63, 3.8) is 0 Å². The molecule has 3 aromatic heterocycles. The van der Waals surface area contributed by atoms with Crippen molar-refractivity contribution in [3.8, 4) is 0 Å². The van der Waals surface area contributed by atoms with Crippen molar-refractivity contribution >= 4 is 55.1 Å². The fourth-order valence-electron chi connectivity index (χ4n) is 5.25. The molecule has 1 saturated heterocycles. The van der Waals surface area contributed by atoms with Crippen molar-refractivity contribution in [3.05, 3.63) is 58.7 Å². The Morgan fingerprint density at radius 3 is 2.68 bits per heavy atom. The average Bonchev–Trinajstić information content (AvgIpc) is 3.47. The van der Waals surface area contributed by atoms with E-state index in [1.807, 2.05) is 24.1 Å². The normalized spacial score (nSPS) is 18.8. The van der Waals surface area contributed by atoms with Crippen molar-refractivity contribution in [1.29, 1.82) is 0 Å². The Hall–Kier alpha value is -3.73.